The molecule has 10 aromatic rings. The molecular weight excluding hydrogens is 661 g/mol. The van der Waals surface area contributed by atoms with Crippen molar-refractivity contribution >= 4 is 64.9 Å². The number of aromatic nitrogens is 3. The first-order valence-electron chi connectivity index (χ1n) is 16.7. The molecule has 0 amide bonds. The maximum absolute atomic E-state index is 9.14. The van der Waals surface area contributed by atoms with Crippen molar-refractivity contribution in [2.75, 3.05) is 0 Å². The van der Waals surface area contributed by atoms with Gasteiger partial charge >= 0.3 is 0 Å². The van der Waals surface area contributed by atoms with Crippen LogP contribution in [0.3, 0.4) is 0 Å². The van der Waals surface area contributed by atoms with Gasteiger partial charge in [-0.3, -0.25) is 0 Å². The van der Waals surface area contributed by atoms with Crippen LogP contribution in [0.15, 0.2) is 158 Å². The highest BCUT2D eigenvalue weighted by atomic mass is 32.1. The molecular formula is C45H26N4S2. The number of nitrogens with zero attached hydrogens (tertiary/aromatic N) is 4. The van der Waals surface area contributed by atoms with Crippen LogP contribution in [0.4, 0.5) is 0 Å². The highest BCUT2D eigenvalue weighted by molar-refractivity contribution is 7.22. The Hall–Kier alpha value is -6.39. The van der Waals surface area contributed by atoms with E-state index in [1.54, 1.807) is 22.7 Å². The Bertz CT molecular complexity index is 2760. The first-order chi connectivity index (χ1) is 25.2. The van der Waals surface area contributed by atoms with Crippen LogP contribution in [0, 0.1) is 11.3 Å². The molecule has 7 aromatic carbocycles. The molecule has 3 aromatic heterocycles. The van der Waals surface area contributed by atoms with Gasteiger partial charge in [0.1, 0.15) is 10.0 Å². The summed E-state index contributed by atoms with van der Waals surface area (Å²) in [5, 5.41) is 13.6. The van der Waals surface area contributed by atoms with E-state index in [0.717, 1.165) is 71.2 Å². The molecule has 0 aliphatic heterocycles. The summed E-state index contributed by atoms with van der Waals surface area (Å²) in [6.07, 6.45) is 0. The third-order valence-electron chi connectivity index (χ3n) is 9.54. The molecule has 0 saturated heterocycles. The van der Waals surface area contributed by atoms with Crippen molar-refractivity contribution in [2.45, 2.75) is 0 Å². The van der Waals surface area contributed by atoms with E-state index in [4.69, 9.17) is 15.2 Å². The summed E-state index contributed by atoms with van der Waals surface area (Å²) < 4.78 is 4.75. The lowest BCUT2D eigenvalue weighted by Crippen LogP contribution is -1.94. The molecule has 0 N–H and O–H groups in total. The number of hydrogen-bond acceptors (Lipinski definition) is 5. The molecule has 0 radical (unpaired) electrons. The van der Waals surface area contributed by atoms with Gasteiger partial charge in [-0.15, -0.1) is 22.7 Å². The van der Waals surface area contributed by atoms with Crippen LogP contribution in [0.5, 0.6) is 0 Å². The number of hydrogen-bond donors (Lipinski definition) is 0. The largest absolute Gasteiger partial charge is 0.309 e. The summed E-state index contributed by atoms with van der Waals surface area (Å²) in [5.41, 5.74) is 12.9. The molecule has 3 heterocycles. The molecule has 10 rings (SSSR count). The average Bonchev–Trinajstić information content (AvgIpc) is 3.92. The maximum Gasteiger partial charge on any atom is 0.124 e. The van der Waals surface area contributed by atoms with E-state index in [9.17, 15) is 0 Å². The van der Waals surface area contributed by atoms with Crippen molar-refractivity contribution in [2.24, 2.45) is 0 Å². The van der Waals surface area contributed by atoms with Gasteiger partial charge < -0.3 is 4.57 Å². The number of benzene rings is 7. The molecule has 0 aliphatic rings. The Labute approximate surface area is 301 Å². The summed E-state index contributed by atoms with van der Waals surface area (Å²) in [6.45, 7) is 0. The Morgan fingerprint density at radius 1 is 0.451 bits per heavy atom. The molecule has 0 fully saturated rings. The molecule has 0 aliphatic carbocycles. The van der Waals surface area contributed by atoms with Crippen LogP contribution < -0.4 is 0 Å². The fourth-order valence-corrected chi connectivity index (χ4v) is 8.88. The molecule has 0 atom stereocenters. The third-order valence-corrected chi connectivity index (χ3v) is 11.7. The second-order valence-corrected chi connectivity index (χ2v) is 14.6. The van der Waals surface area contributed by atoms with Crippen LogP contribution >= 0.6 is 22.7 Å². The van der Waals surface area contributed by atoms with E-state index >= 15 is 0 Å². The zero-order valence-corrected chi connectivity index (χ0v) is 28.7. The molecule has 238 valence electrons. The van der Waals surface area contributed by atoms with Crippen molar-refractivity contribution < 1.29 is 0 Å². The van der Waals surface area contributed by atoms with Crippen LogP contribution in [-0.2, 0) is 0 Å². The third kappa shape index (κ3) is 5.11. The molecule has 4 nitrogen and oxygen atoms in total. The van der Waals surface area contributed by atoms with Gasteiger partial charge in [-0.1, -0.05) is 72.8 Å². The lowest BCUT2D eigenvalue weighted by Gasteiger charge is -2.10. The van der Waals surface area contributed by atoms with Crippen LogP contribution in [-0.4, -0.2) is 14.5 Å². The van der Waals surface area contributed by atoms with E-state index in [-0.39, 0.29) is 0 Å². The summed E-state index contributed by atoms with van der Waals surface area (Å²) >= 11 is 3.46. The summed E-state index contributed by atoms with van der Waals surface area (Å²) in [7, 11) is 0. The quantitative estimate of drug-likeness (QED) is 0.181. The number of thiazole rings is 2. The van der Waals surface area contributed by atoms with Crippen molar-refractivity contribution in [3.63, 3.8) is 0 Å². The lowest BCUT2D eigenvalue weighted by atomic mass is 9.99. The number of para-hydroxylation sites is 2. The second-order valence-electron chi connectivity index (χ2n) is 12.6. The summed E-state index contributed by atoms with van der Waals surface area (Å²) in [5.74, 6) is 0. The molecule has 51 heavy (non-hydrogen) atoms. The Kier molecular flexibility index (Phi) is 6.88. The number of rotatable bonds is 5. The first kappa shape index (κ1) is 29.5. The van der Waals surface area contributed by atoms with Gasteiger partial charge in [0.25, 0.3) is 0 Å². The summed E-state index contributed by atoms with van der Waals surface area (Å²) in [6, 6.07) is 57.5. The van der Waals surface area contributed by atoms with Gasteiger partial charge in [-0.25, -0.2) is 9.97 Å². The standard InChI is InChI=1S/C45H26N4S2/c46-27-28-9-11-29(12-10-28)30-13-15-31(16-14-30)32-17-21-35(22-18-32)49-40-23-19-33(44-47-38-5-1-3-7-42(38)50-44)25-36(40)37-26-34(20-24-41(37)49)45-48-39-6-2-4-8-43(39)51-45/h1-26H. The van der Waals surface area contributed by atoms with Crippen molar-refractivity contribution in [3.8, 4) is 55.2 Å². The van der Waals surface area contributed by atoms with E-state index < -0.39 is 0 Å². The molecule has 6 heteroatoms. The molecule has 0 unspecified atom stereocenters. The number of nitriles is 1. The van der Waals surface area contributed by atoms with Gasteiger partial charge in [0.05, 0.1) is 43.1 Å². The van der Waals surface area contributed by atoms with Gasteiger partial charge in [0.15, 0.2) is 0 Å². The van der Waals surface area contributed by atoms with E-state index in [1.165, 1.54) is 20.2 Å². The van der Waals surface area contributed by atoms with Gasteiger partial charge in [0.2, 0.25) is 0 Å². The number of fused-ring (bicyclic) bond motifs is 5. The SMILES string of the molecule is N#Cc1ccc(-c2ccc(-c3ccc(-n4c5ccc(-c6nc7ccccc7s6)cc5c5cc(-c6nc7ccccc7s6)ccc54)cc3)cc2)cc1. The molecule has 0 bridgehead atoms. The minimum absolute atomic E-state index is 0.668. The predicted molar refractivity (Wildman–Crippen MR) is 214 cm³/mol. The van der Waals surface area contributed by atoms with Crippen molar-refractivity contribution in [3.05, 3.63) is 163 Å². The second kappa shape index (κ2) is 11.9. The minimum Gasteiger partial charge on any atom is -0.309 e. The van der Waals surface area contributed by atoms with Gasteiger partial charge in [0, 0.05) is 27.6 Å². The van der Waals surface area contributed by atoms with Crippen molar-refractivity contribution in [1.29, 1.82) is 5.26 Å². The molecule has 0 spiro atoms. The predicted octanol–water partition coefficient (Wildman–Crippen LogP) is 12.5. The Balaban J connectivity index is 1.07. The smallest absolute Gasteiger partial charge is 0.124 e. The van der Waals surface area contributed by atoms with E-state index in [0.29, 0.717) is 5.56 Å². The van der Waals surface area contributed by atoms with Crippen LogP contribution in [0.2, 0.25) is 0 Å². The highest BCUT2D eigenvalue weighted by Gasteiger charge is 2.17. The fraction of sp³-hybridized carbons (Fsp3) is 0. The lowest BCUT2D eigenvalue weighted by molar-refractivity contribution is 1.18. The zero-order chi connectivity index (χ0) is 33.9. The normalized spacial score (nSPS) is 11.5. The monoisotopic (exact) mass is 686 g/mol. The van der Waals surface area contributed by atoms with Gasteiger partial charge in [-0.2, -0.15) is 5.26 Å². The van der Waals surface area contributed by atoms with Crippen molar-refractivity contribution in [1.82, 2.24) is 14.5 Å². The zero-order valence-electron chi connectivity index (χ0n) is 27.1. The Morgan fingerprint density at radius 2 is 0.863 bits per heavy atom. The van der Waals surface area contributed by atoms with E-state index in [1.807, 2.05) is 36.4 Å². The van der Waals surface area contributed by atoms with E-state index in [2.05, 4.69) is 132 Å². The minimum atomic E-state index is 0.668. The topological polar surface area (TPSA) is 54.5 Å². The summed E-state index contributed by atoms with van der Waals surface area (Å²) in [4.78, 5) is 9.97. The molecule has 0 saturated carbocycles. The average molecular weight is 687 g/mol. The Morgan fingerprint density at radius 3 is 1.31 bits per heavy atom. The van der Waals surface area contributed by atoms with Crippen LogP contribution in [0.25, 0.3) is 91.3 Å². The highest BCUT2D eigenvalue weighted by Crippen LogP contribution is 2.40. The maximum atomic E-state index is 9.14. The fourth-order valence-electron chi connectivity index (χ4n) is 6.95. The van der Waals surface area contributed by atoms with Gasteiger partial charge in [-0.05, 0) is 107 Å². The van der Waals surface area contributed by atoms with Crippen LogP contribution in [0.1, 0.15) is 5.56 Å². The first-order valence-corrected chi connectivity index (χ1v) is 18.3.